The van der Waals surface area contributed by atoms with Crippen molar-refractivity contribution in [1.82, 2.24) is 15.5 Å². The highest BCUT2D eigenvalue weighted by molar-refractivity contribution is 5.86. The van der Waals surface area contributed by atoms with Gasteiger partial charge in [0, 0.05) is 13.1 Å². The molecule has 2 rings (SSSR count). The van der Waals surface area contributed by atoms with Gasteiger partial charge < -0.3 is 20.5 Å². The fraction of sp³-hybridized carbons (Fsp3) is 0.667. The number of nitrogens with one attached hydrogen (secondary N) is 2. The summed E-state index contributed by atoms with van der Waals surface area (Å²) in [5, 5.41) is 16.5. The van der Waals surface area contributed by atoms with Gasteiger partial charge in [0.2, 0.25) is 5.91 Å². The van der Waals surface area contributed by atoms with Crippen molar-refractivity contribution >= 4 is 12.0 Å². The number of aliphatic hydroxyl groups excluding tert-OH is 1. The first-order valence-corrected chi connectivity index (χ1v) is 11.3. The van der Waals surface area contributed by atoms with E-state index in [4.69, 9.17) is 4.74 Å². The molecule has 2 unspecified atom stereocenters. The molecule has 1 aromatic carbocycles. The summed E-state index contributed by atoms with van der Waals surface area (Å²) < 4.78 is 5.32. The lowest BCUT2D eigenvalue weighted by Gasteiger charge is -2.28. The Bertz CT molecular complexity index is 703. The Balaban J connectivity index is 1.96. The maximum atomic E-state index is 13.0. The van der Waals surface area contributed by atoms with Crippen LogP contribution in [0.5, 0.6) is 0 Å². The zero-order valence-electron chi connectivity index (χ0n) is 19.6. The summed E-state index contributed by atoms with van der Waals surface area (Å²) in [5.74, 6) is -0.0637. The molecule has 0 saturated carbocycles. The van der Waals surface area contributed by atoms with Crippen LogP contribution in [-0.4, -0.2) is 58.9 Å². The SMILES string of the molecule is CC(C)C[C@H](NC(=O)OC(C)(C)C)C(=O)NC1CCCN(Cc2ccccc2)CC1O. The Labute approximate surface area is 186 Å². The molecular formula is C24H39N3O4. The van der Waals surface area contributed by atoms with Crippen LogP contribution in [0.3, 0.4) is 0 Å². The number of alkyl carbamates (subject to hydrolysis) is 1. The lowest BCUT2D eigenvalue weighted by molar-refractivity contribution is -0.125. The molecule has 1 aliphatic heterocycles. The average Bonchev–Trinajstić information content (AvgIpc) is 2.81. The number of likely N-dealkylation sites (tertiary alicyclic amines) is 1. The lowest BCUT2D eigenvalue weighted by Crippen LogP contribution is -2.54. The van der Waals surface area contributed by atoms with Gasteiger partial charge in [0.25, 0.3) is 0 Å². The summed E-state index contributed by atoms with van der Waals surface area (Å²) >= 11 is 0. The molecule has 2 amide bonds. The number of β-amino-alcohol motifs (C(OH)–C–C–N with tert-alkyl or cyclic N) is 1. The molecule has 1 aliphatic rings. The van der Waals surface area contributed by atoms with Gasteiger partial charge in [-0.15, -0.1) is 0 Å². The second kappa shape index (κ2) is 11.5. The van der Waals surface area contributed by atoms with E-state index in [0.717, 1.165) is 19.5 Å². The summed E-state index contributed by atoms with van der Waals surface area (Å²) in [5.41, 5.74) is 0.568. The summed E-state index contributed by atoms with van der Waals surface area (Å²) in [4.78, 5) is 27.4. The number of carbonyl (C=O) groups is 2. The second-order valence-corrected chi connectivity index (χ2v) is 9.87. The van der Waals surface area contributed by atoms with E-state index in [2.05, 4.69) is 27.7 Å². The van der Waals surface area contributed by atoms with Gasteiger partial charge >= 0.3 is 6.09 Å². The van der Waals surface area contributed by atoms with Crippen LogP contribution in [0.4, 0.5) is 4.79 Å². The molecule has 3 N–H and O–H groups in total. The third kappa shape index (κ3) is 9.27. The van der Waals surface area contributed by atoms with Crippen molar-refractivity contribution in [3.05, 3.63) is 35.9 Å². The number of ether oxygens (including phenoxy) is 1. The Morgan fingerprint density at radius 3 is 2.52 bits per heavy atom. The zero-order valence-corrected chi connectivity index (χ0v) is 19.6. The minimum atomic E-state index is -0.703. The van der Waals surface area contributed by atoms with Crippen molar-refractivity contribution in [3.8, 4) is 0 Å². The van der Waals surface area contributed by atoms with Crippen LogP contribution < -0.4 is 10.6 Å². The molecule has 0 spiro atoms. The predicted molar refractivity (Wildman–Crippen MR) is 122 cm³/mol. The maximum Gasteiger partial charge on any atom is 0.408 e. The number of amides is 2. The molecule has 0 radical (unpaired) electrons. The zero-order chi connectivity index (χ0) is 23.0. The van der Waals surface area contributed by atoms with Crippen molar-refractivity contribution in [2.75, 3.05) is 13.1 Å². The van der Waals surface area contributed by atoms with Crippen LogP contribution in [0.1, 0.15) is 59.4 Å². The molecule has 1 heterocycles. The molecule has 0 bridgehead atoms. The monoisotopic (exact) mass is 433 g/mol. The van der Waals surface area contributed by atoms with Crippen LogP contribution in [0.25, 0.3) is 0 Å². The maximum absolute atomic E-state index is 13.0. The van der Waals surface area contributed by atoms with E-state index in [-0.39, 0.29) is 17.9 Å². The molecule has 1 aromatic rings. The molecule has 7 heteroatoms. The topological polar surface area (TPSA) is 90.9 Å². The highest BCUT2D eigenvalue weighted by Crippen LogP contribution is 2.16. The molecule has 1 saturated heterocycles. The minimum Gasteiger partial charge on any atom is -0.444 e. The van der Waals surface area contributed by atoms with Crippen LogP contribution in [0, 0.1) is 5.92 Å². The van der Waals surface area contributed by atoms with E-state index >= 15 is 0 Å². The van der Waals surface area contributed by atoms with Crippen LogP contribution >= 0.6 is 0 Å². The molecule has 31 heavy (non-hydrogen) atoms. The summed E-state index contributed by atoms with van der Waals surface area (Å²) in [7, 11) is 0. The molecule has 7 nitrogen and oxygen atoms in total. The molecule has 174 valence electrons. The third-order valence-electron chi connectivity index (χ3n) is 5.19. The number of carbonyl (C=O) groups excluding carboxylic acids is 2. The quantitative estimate of drug-likeness (QED) is 0.615. The Kier molecular flexibility index (Phi) is 9.32. The first-order valence-electron chi connectivity index (χ1n) is 11.3. The van der Waals surface area contributed by atoms with E-state index in [0.29, 0.717) is 19.4 Å². The largest absolute Gasteiger partial charge is 0.444 e. The van der Waals surface area contributed by atoms with Gasteiger partial charge in [0.1, 0.15) is 11.6 Å². The van der Waals surface area contributed by atoms with E-state index in [1.807, 2.05) is 32.0 Å². The Morgan fingerprint density at radius 1 is 1.23 bits per heavy atom. The van der Waals surface area contributed by atoms with Gasteiger partial charge in [-0.3, -0.25) is 9.69 Å². The number of rotatable bonds is 7. The number of nitrogens with zero attached hydrogens (tertiary/aromatic N) is 1. The first-order chi connectivity index (χ1) is 14.5. The fourth-order valence-electron chi connectivity index (χ4n) is 3.80. The van der Waals surface area contributed by atoms with Gasteiger partial charge in [-0.25, -0.2) is 4.79 Å². The Hall–Kier alpha value is -2.12. The van der Waals surface area contributed by atoms with Crippen molar-refractivity contribution in [1.29, 1.82) is 0 Å². The molecule has 0 aromatic heterocycles. The molecule has 1 fully saturated rings. The predicted octanol–water partition coefficient (Wildman–Crippen LogP) is 3.07. The molecule has 3 atom stereocenters. The Morgan fingerprint density at radius 2 is 1.90 bits per heavy atom. The summed E-state index contributed by atoms with van der Waals surface area (Å²) in [6, 6.07) is 9.13. The lowest BCUT2D eigenvalue weighted by atomic mass is 10.0. The molecular weight excluding hydrogens is 394 g/mol. The van der Waals surface area contributed by atoms with Crippen LogP contribution in [0.2, 0.25) is 0 Å². The highest BCUT2D eigenvalue weighted by atomic mass is 16.6. The smallest absolute Gasteiger partial charge is 0.408 e. The minimum absolute atomic E-state index is 0.214. The standard InChI is InChI=1S/C24H39N3O4/c1-17(2)14-20(26-23(30)31-24(3,4)5)22(29)25-19-12-9-13-27(16-21(19)28)15-18-10-7-6-8-11-18/h6-8,10-11,17,19-21,28H,9,12-16H2,1-5H3,(H,25,29)(H,26,30)/t19?,20-,21?/m0/s1. The highest BCUT2D eigenvalue weighted by Gasteiger charge is 2.31. The summed E-state index contributed by atoms with van der Waals surface area (Å²) in [6.07, 6.45) is 0.788. The number of hydrogen-bond acceptors (Lipinski definition) is 5. The van der Waals surface area contributed by atoms with Crippen molar-refractivity contribution < 1.29 is 19.4 Å². The summed E-state index contributed by atoms with van der Waals surface area (Å²) in [6.45, 7) is 11.5. The number of benzene rings is 1. The number of hydrogen-bond donors (Lipinski definition) is 3. The normalized spacial score (nSPS) is 21.3. The van der Waals surface area contributed by atoms with Crippen LogP contribution in [0.15, 0.2) is 30.3 Å². The number of aliphatic hydroxyl groups is 1. The average molecular weight is 434 g/mol. The van der Waals surface area contributed by atoms with Gasteiger partial charge in [-0.2, -0.15) is 0 Å². The van der Waals surface area contributed by atoms with Gasteiger partial charge in [0.15, 0.2) is 0 Å². The first kappa shape index (κ1) is 25.1. The second-order valence-electron chi connectivity index (χ2n) is 9.87. The van der Waals surface area contributed by atoms with Gasteiger partial charge in [-0.1, -0.05) is 44.2 Å². The van der Waals surface area contributed by atoms with E-state index < -0.39 is 23.8 Å². The van der Waals surface area contributed by atoms with Crippen molar-refractivity contribution in [2.45, 2.75) is 84.2 Å². The van der Waals surface area contributed by atoms with E-state index in [1.54, 1.807) is 20.8 Å². The van der Waals surface area contributed by atoms with Crippen molar-refractivity contribution in [2.24, 2.45) is 5.92 Å². The van der Waals surface area contributed by atoms with Crippen LogP contribution in [-0.2, 0) is 16.1 Å². The van der Waals surface area contributed by atoms with E-state index in [1.165, 1.54) is 5.56 Å². The third-order valence-corrected chi connectivity index (χ3v) is 5.19. The fourth-order valence-corrected chi connectivity index (χ4v) is 3.80. The van der Waals surface area contributed by atoms with Gasteiger partial charge in [-0.05, 0) is 58.1 Å². The molecule has 0 aliphatic carbocycles. The van der Waals surface area contributed by atoms with Gasteiger partial charge in [0.05, 0.1) is 12.1 Å². The van der Waals surface area contributed by atoms with Crippen molar-refractivity contribution in [3.63, 3.8) is 0 Å². The van der Waals surface area contributed by atoms with E-state index in [9.17, 15) is 14.7 Å².